The highest BCUT2D eigenvalue weighted by atomic mass is 32.2. The van der Waals surface area contributed by atoms with E-state index in [9.17, 15) is 8.42 Å². The Labute approximate surface area is 114 Å². The molecule has 1 aromatic heterocycles. The number of nitrogens with zero attached hydrogens (tertiary/aromatic N) is 3. The van der Waals surface area contributed by atoms with Crippen molar-refractivity contribution in [2.24, 2.45) is 0 Å². The molecular formula is C12H22N4O2S. The Morgan fingerprint density at radius 3 is 2.89 bits per heavy atom. The average Bonchev–Trinajstić information content (AvgIpc) is 3.09. The van der Waals surface area contributed by atoms with Crippen LogP contribution in [0.3, 0.4) is 0 Å². The van der Waals surface area contributed by atoms with Crippen LogP contribution >= 0.6 is 0 Å². The fraction of sp³-hybridized carbons (Fsp3) is 0.750. The molecule has 1 aliphatic carbocycles. The minimum absolute atomic E-state index is 0.270. The lowest BCUT2D eigenvalue weighted by Gasteiger charge is -2.12. The van der Waals surface area contributed by atoms with E-state index < -0.39 is 10.0 Å². The molecule has 2 rings (SSSR count). The molecule has 0 unspecified atom stereocenters. The van der Waals surface area contributed by atoms with Gasteiger partial charge >= 0.3 is 0 Å². The number of hydrogen-bond acceptors (Lipinski definition) is 4. The Bertz CT molecular complexity index is 508. The lowest BCUT2D eigenvalue weighted by Crippen LogP contribution is -2.26. The molecule has 0 spiro atoms. The van der Waals surface area contributed by atoms with E-state index in [1.165, 1.54) is 23.3 Å². The number of aryl methyl sites for hydroxylation is 1. The zero-order valence-corrected chi connectivity index (χ0v) is 12.4. The lowest BCUT2D eigenvalue weighted by atomic mass is 10.4. The summed E-state index contributed by atoms with van der Waals surface area (Å²) >= 11 is 0. The second kappa shape index (κ2) is 6.02. The summed E-state index contributed by atoms with van der Waals surface area (Å²) in [4.78, 5) is 0.270. The number of hydrogen-bond donors (Lipinski definition) is 1. The van der Waals surface area contributed by atoms with Crippen LogP contribution in [0, 0.1) is 0 Å². The maximum absolute atomic E-state index is 12.1. The van der Waals surface area contributed by atoms with Gasteiger partial charge < -0.3 is 5.32 Å². The van der Waals surface area contributed by atoms with Crippen molar-refractivity contribution >= 4 is 10.0 Å². The maximum Gasteiger partial charge on any atom is 0.245 e. The van der Waals surface area contributed by atoms with Gasteiger partial charge in [-0.15, -0.1) is 0 Å². The first-order valence-electron chi connectivity index (χ1n) is 6.76. The molecule has 7 heteroatoms. The summed E-state index contributed by atoms with van der Waals surface area (Å²) in [6.07, 6.45) is 6.57. The first kappa shape index (κ1) is 14.5. The third-order valence-electron chi connectivity index (χ3n) is 3.34. The highest BCUT2D eigenvalue weighted by molar-refractivity contribution is 7.89. The van der Waals surface area contributed by atoms with Gasteiger partial charge in [0.25, 0.3) is 0 Å². The summed E-state index contributed by atoms with van der Waals surface area (Å²) in [6.45, 7) is 3.97. The predicted molar refractivity (Wildman–Crippen MR) is 73.4 cm³/mol. The molecule has 0 aliphatic heterocycles. The van der Waals surface area contributed by atoms with Crippen LogP contribution in [0.15, 0.2) is 17.3 Å². The number of nitrogens with one attached hydrogen (secondary N) is 1. The smallest absolute Gasteiger partial charge is 0.245 e. The monoisotopic (exact) mass is 286 g/mol. The standard InChI is InChI=1S/C12H22N4O2S/c1-3-15(2)19(17,18)12-9-14-16(10-12)8-4-7-13-11-5-6-11/h9-11,13H,3-8H2,1-2H3. The van der Waals surface area contributed by atoms with Gasteiger partial charge in [0.15, 0.2) is 0 Å². The molecule has 1 saturated carbocycles. The zero-order valence-electron chi connectivity index (χ0n) is 11.5. The Hall–Kier alpha value is -0.920. The van der Waals surface area contributed by atoms with Crippen molar-refractivity contribution in [2.75, 3.05) is 20.1 Å². The van der Waals surface area contributed by atoms with Crippen LogP contribution in [0.2, 0.25) is 0 Å². The van der Waals surface area contributed by atoms with Gasteiger partial charge in [-0.1, -0.05) is 6.92 Å². The fourth-order valence-corrected chi connectivity index (χ4v) is 2.92. The maximum atomic E-state index is 12.1. The summed E-state index contributed by atoms with van der Waals surface area (Å²) < 4.78 is 27.2. The minimum atomic E-state index is -3.37. The van der Waals surface area contributed by atoms with Crippen molar-refractivity contribution in [3.63, 3.8) is 0 Å². The lowest BCUT2D eigenvalue weighted by molar-refractivity contribution is 0.486. The molecular weight excluding hydrogens is 264 g/mol. The molecule has 6 nitrogen and oxygen atoms in total. The van der Waals surface area contributed by atoms with Crippen molar-refractivity contribution in [1.29, 1.82) is 0 Å². The summed E-state index contributed by atoms with van der Waals surface area (Å²) in [7, 11) is -1.79. The predicted octanol–water partition coefficient (Wildman–Crippen LogP) is 0.666. The normalized spacial score (nSPS) is 16.2. The molecule has 0 aromatic carbocycles. The molecule has 1 N–H and O–H groups in total. The molecule has 0 radical (unpaired) electrons. The minimum Gasteiger partial charge on any atom is -0.314 e. The fourth-order valence-electron chi connectivity index (χ4n) is 1.78. The largest absolute Gasteiger partial charge is 0.314 e. The van der Waals surface area contributed by atoms with Gasteiger partial charge in [0.2, 0.25) is 10.0 Å². The van der Waals surface area contributed by atoms with Crippen molar-refractivity contribution in [3.05, 3.63) is 12.4 Å². The zero-order chi connectivity index (χ0) is 13.9. The van der Waals surface area contributed by atoms with Crippen LogP contribution < -0.4 is 5.32 Å². The summed E-state index contributed by atoms with van der Waals surface area (Å²) in [5.74, 6) is 0. The van der Waals surface area contributed by atoms with E-state index in [1.54, 1.807) is 17.9 Å². The first-order chi connectivity index (χ1) is 9.04. The molecule has 0 amide bonds. The number of rotatable bonds is 8. The number of sulfonamides is 1. The van der Waals surface area contributed by atoms with Crippen molar-refractivity contribution in [2.45, 2.75) is 43.7 Å². The molecule has 0 atom stereocenters. The molecule has 1 fully saturated rings. The molecule has 0 saturated heterocycles. The Morgan fingerprint density at radius 1 is 1.53 bits per heavy atom. The molecule has 0 bridgehead atoms. The topological polar surface area (TPSA) is 67.2 Å². The quantitative estimate of drug-likeness (QED) is 0.713. The third-order valence-corrected chi connectivity index (χ3v) is 5.22. The molecule has 1 aromatic rings. The second-order valence-electron chi connectivity index (χ2n) is 4.94. The third kappa shape index (κ3) is 3.77. The van der Waals surface area contributed by atoms with Gasteiger partial charge in [-0.3, -0.25) is 4.68 Å². The van der Waals surface area contributed by atoms with Crippen LogP contribution in [0.5, 0.6) is 0 Å². The summed E-state index contributed by atoms with van der Waals surface area (Å²) in [5.41, 5.74) is 0. The van der Waals surface area contributed by atoms with E-state index in [0.717, 1.165) is 19.5 Å². The molecule has 108 valence electrons. The first-order valence-corrected chi connectivity index (χ1v) is 8.20. The highest BCUT2D eigenvalue weighted by Crippen LogP contribution is 2.18. The van der Waals surface area contributed by atoms with E-state index in [-0.39, 0.29) is 4.90 Å². The molecule has 1 heterocycles. The SMILES string of the molecule is CCN(C)S(=O)(=O)c1cnn(CCCNC2CC2)c1. The van der Waals surface area contributed by atoms with Gasteiger partial charge in [-0.05, 0) is 25.8 Å². The van der Waals surface area contributed by atoms with E-state index in [2.05, 4.69) is 10.4 Å². The van der Waals surface area contributed by atoms with Gasteiger partial charge in [0.05, 0.1) is 6.20 Å². The van der Waals surface area contributed by atoms with Gasteiger partial charge in [0.1, 0.15) is 4.90 Å². The molecule has 1 aliphatic rings. The van der Waals surface area contributed by atoms with Gasteiger partial charge in [-0.25, -0.2) is 12.7 Å². The van der Waals surface area contributed by atoms with Crippen LogP contribution in [-0.2, 0) is 16.6 Å². The summed E-state index contributed by atoms with van der Waals surface area (Å²) in [6, 6.07) is 0.715. The van der Waals surface area contributed by atoms with Gasteiger partial charge in [-0.2, -0.15) is 5.10 Å². The second-order valence-corrected chi connectivity index (χ2v) is 6.99. The van der Waals surface area contributed by atoms with Crippen molar-refractivity contribution in [3.8, 4) is 0 Å². The number of aromatic nitrogens is 2. The Balaban J connectivity index is 1.87. The highest BCUT2D eigenvalue weighted by Gasteiger charge is 2.21. The Morgan fingerprint density at radius 2 is 2.26 bits per heavy atom. The summed E-state index contributed by atoms with van der Waals surface area (Å²) in [5, 5.41) is 7.54. The average molecular weight is 286 g/mol. The van der Waals surface area contributed by atoms with Gasteiger partial charge in [0, 0.05) is 32.4 Å². The van der Waals surface area contributed by atoms with Crippen LogP contribution in [0.25, 0.3) is 0 Å². The van der Waals surface area contributed by atoms with E-state index >= 15 is 0 Å². The van der Waals surface area contributed by atoms with Crippen LogP contribution in [0.4, 0.5) is 0 Å². The van der Waals surface area contributed by atoms with Crippen LogP contribution in [-0.4, -0.2) is 48.7 Å². The van der Waals surface area contributed by atoms with Crippen LogP contribution in [0.1, 0.15) is 26.2 Å². The Kier molecular flexibility index (Phi) is 4.59. The molecule has 19 heavy (non-hydrogen) atoms. The van der Waals surface area contributed by atoms with E-state index in [4.69, 9.17) is 0 Å². The van der Waals surface area contributed by atoms with Crippen molar-refractivity contribution in [1.82, 2.24) is 19.4 Å². The van der Waals surface area contributed by atoms with Crippen molar-refractivity contribution < 1.29 is 8.42 Å². The van der Waals surface area contributed by atoms with E-state index in [0.29, 0.717) is 12.6 Å². The van der Waals surface area contributed by atoms with E-state index in [1.807, 2.05) is 6.92 Å².